The third-order valence-electron chi connectivity index (χ3n) is 1.21. The summed E-state index contributed by atoms with van der Waals surface area (Å²) < 4.78 is 59.5. The molecule has 0 spiro atoms. The molecule has 0 rings (SSSR count). The van der Waals surface area contributed by atoms with Crippen LogP contribution in [0.25, 0.3) is 0 Å². The van der Waals surface area contributed by atoms with Crippen LogP contribution in [-0.2, 0) is 4.79 Å². The summed E-state index contributed by atoms with van der Waals surface area (Å²) >= 11 is 0. The second-order valence-electron chi connectivity index (χ2n) is 2.17. The average molecular weight is 204 g/mol. The van der Waals surface area contributed by atoms with Crippen LogP contribution < -0.4 is 0 Å². The van der Waals surface area contributed by atoms with E-state index in [1.807, 2.05) is 0 Å². The lowest BCUT2D eigenvalue weighted by molar-refractivity contribution is -0.165. The van der Waals surface area contributed by atoms with Gasteiger partial charge in [0.05, 0.1) is 5.57 Å². The Bertz CT molecular complexity index is 225. The highest BCUT2D eigenvalue weighted by atomic mass is 19.3. The SMILES string of the molecule is C=C(C(=O)O)C(F)C(F)(F)C(F)F. The monoisotopic (exact) mass is 204 g/mol. The zero-order valence-corrected chi connectivity index (χ0v) is 6.11. The maximum absolute atomic E-state index is 12.4. The largest absolute Gasteiger partial charge is 0.478 e. The lowest BCUT2D eigenvalue weighted by Gasteiger charge is -2.19. The third-order valence-corrected chi connectivity index (χ3v) is 1.21. The molecule has 2 nitrogen and oxygen atoms in total. The summed E-state index contributed by atoms with van der Waals surface area (Å²) in [6.07, 6.45) is -7.84. The predicted molar refractivity (Wildman–Crippen MR) is 32.6 cm³/mol. The summed E-state index contributed by atoms with van der Waals surface area (Å²) in [7, 11) is 0. The van der Waals surface area contributed by atoms with E-state index in [0.717, 1.165) is 0 Å². The van der Waals surface area contributed by atoms with E-state index in [0.29, 0.717) is 0 Å². The number of carbonyl (C=O) groups is 1. The molecule has 0 amide bonds. The van der Waals surface area contributed by atoms with Crippen molar-refractivity contribution >= 4 is 5.97 Å². The zero-order valence-electron chi connectivity index (χ0n) is 6.11. The number of alkyl halides is 5. The Morgan fingerprint density at radius 3 is 1.92 bits per heavy atom. The first-order valence-corrected chi connectivity index (χ1v) is 2.93. The maximum atomic E-state index is 12.4. The van der Waals surface area contributed by atoms with E-state index in [1.165, 1.54) is 0 Å². The fourth-order valence-corrected chi connectivity index (χ4v) is 0.451. The van der Waals surface area contributed by atoms with Gasteiger partial charge in [0.25, 0.3) is 0 Å². The minimum Gasteiger partial charge on any atom is -0.478 e. The molecular weight excluding hydrogens is 199 g/mol. The van der Waals surface area contributed by atoms with E-state index in [-0.39, 0.29) is 0 Å². The van der Waals surface area contributed by atoms with Crippen LogP contribution in [0.4, 0.5) is 22.0 Å². The Morgan fingerprint density at radius 2 is 1.69 bits per heavy atom. The summed E-state index contributed by atoms with van der Waals surface area (Å²) in [6, 6.07) is 0. The molecule has 7 heteroatoms. The molecule has 1 N–H and O–H groups in total. The van der Waals surface area contributed by atoms with Crippen molar-refractivity contribution < 1.29 is 31.9 Å². The molecule has 0 aromatic carbocycles. The van der Waals surface area contributed by atoms with E-state index in [2.05, 4.69) is 6.58 Å². The van der Waals surface area contributed by atoms with Crippen molar-refractivity contribution in [1.29, 1.82) is 0 Å². The van der Waals surface area contributed by atoms with Crippen LogP contribution in [0.15, 0.2) is 12.2 Å². The molecule has 1 unspecified atom stereocenters. The number of carboxylic acids is 1. The van der Waals surface area contributed by atoms with Crippen LogP contribution in [0.5, 0.6) is 0 Å². The van der Waals surface area contributed by atoms with E-state index < -0.39 is 30.1 Å². The Labute approximate surface area is 69.7 Å². The highest BCUT2D eigenvalue weighted by Crippen LogP contribution is 2.32. The topological polar surface area (TPSA) is 37.3 Å². The van der Waals surface area contributed by atoms with Gasteiger partial charge in [0.15, 0.2) is 0 Å². The molecule has 76 valence electrons. The van der Waals surface area contributed by atoms with Crippen molar-refractivity contribution in [3.63, 3.8) is 0 Å². The van der Waals surface area contributed by atoms with Gasteiger partial charge in [-0.2, -0.15) is 8.78 Å². The fraction of sp³-hybridized carbons (Fsp3) is 0.500. The van der Waals surface area contributed by atoms with Gasteiger partial charge in [-0.3, -0.25) is 0 Å². The van der Waals surface area contributed by atoms with Gasteiger partial charge in [0.1, 0.15) is 0 Å². The van der Waals surface area contributed by atoms with Crippen molar-refractivity contribution in [2.24, 2.45) is 0 Å². The minimum atomic E-state index is -5.02. The quantitative estimate of drug-likeness (QED) is 0.560. The van der Waals surface area contributed by atoms with Crippen molar-refractivity contribution in [3.05, 3.63) is 12.2 Å². The molecule has 0 aliphatic carbocycles. The predicted octanol–water partition coefficient (Wildman–Crippen LogP) is 1.87. The Hall–Kier alpha value is -1.14. The van der Waals surface area contributed by atoms with E-state index in [9.17, 15) is 26.7 Å². The molecule has 0 heterocycles. The zero-order chi connectivity index (χ0) is 10.8. The summed E-state index contributed by atoms with van der Waals surface area (Å²) in [5, 5.41) is 7.98. The van der Waals surface area contributed by atoms with Crippen molar-refractivity contribution in [3.8, 4) is 0 Å². The first-order chi connectivity index (χ1) is 5.71. The Balaban J connectivity index is 4.68. The smallest absolute Gasteiger partial charge is 0.342 e. The van der Waals surface area contributed by atoms with Crippen LogP contribution in [0, 0.1) is 0 Å². The summed E-state index contributed by atoms with van der Waals surface area (Å²) in [5.74, 6) is -7.09. The third kappa shape index (κ3) is 2.40. The van der Waals surface area contributed by atoms with E-state index in [1.54, 1.807) is 0 Å². The van der Waals surface area contributed by atoms with Gasteiger partial charge in [-0.05, 0) is 0 Å². The lowest BCUT2D eigenvalue weighted by atomic mass is 10.1. The maximum Gasteiger partial charge on any atom is 0.342 e. The molecule has 0 bridgehead atoms. The summed E-state index contributed by atoms with van der Waals surface area (Å²) in [4.78, 5) is 9.89. The number of hydrogen-bond donors (Lipinski definition) is 1. The van der Waals surface area contributed by atoms with Crippen LogP contribution >= 0.6 is 0 Å². The molecule has 0 aliphatic rings. The van der Waals surface area contributed by atoms with Gasteiger partial charge < -0.3 is 5.11 Å². The molecular formula is C6H5F5O2. The van der Waals surface area contributed by atoms with Crippen molar-refractivity contribution in [2.75, 3.05) is 0 Å². The van der Waals surface area contributed by atoms with Crippen LogP contribution in [0.2, 0.25) is 0 Å². The molecule has 0 saturated carbocycles. The van der Waals surface area contributed by atoms with Crippen molar-refractivity contribution in [1.82, 2.24) is 0 Å². The van der Waals surface area contributed by atoms with Gasteiger partial charge in [0.2, 0.25) is 6.17 Å². The first-order valence-electron chi connectivity index (χ1n) is 2.93. The Kier molecular flexibility index (Phi) is 3.39. The number of aliphatic carboxylic acids is 1. The van der Waals surface area contributed by atoms with Crippen molar-refractivity contribution in [2.45, 2.75) is 18.5 Å². The van der Waals surface area contributed by atoms with Gasteiger partial charge in [-0.25, -0.2) is 18.0 Å². The number of hydrogen-bond acceptors (Lipinski definition) is 1. The van der Waals surface area contributed by atoms with E-state index >= 15 is 0 Å². The van der Waals surface area contributed by atoms with Crippen LogP contribution in [-0.4, -0.2) is 29.6 Å². The molecule has 0 saturated heterocycles. The molecule has 1 atom stereocenters. The van der Waals surface area contributed by atoms with Crippen LogP contribution in [0.1, 0.15) is 0 Å². The van der Waals surface area contributed by atoms with Gasteiger partial charge in [-0.15, -0.1) is 0 Å². The molecule has 0 radical (unpaired) electrons. The number of carboxylic acid groups (broad SMARTS) is 1. The van der Waals surface area contributed by atoms with E-state index in [4.69, 9.17) is 5.11 Å². The summed E-state index contributed by atoms with van der Waals surface area (Å²) in [6.45, 7) is 2.41. The van der Waals surface area contributed by atoms with Gasteiger partial charge >= 0.3 is 18.3 Å². The lowest BCUT2D eigenvalue weighted by Crippen LogP contribution is -2.40. The van der Waals surface area contributed by atoms with Gasteiger partial charge in [-0.1, -0.05) is 6.58 Å². The standard InChI is InChI=1S/C6H5F5O2/c1-2(4(12)13)3(7)6(10,11)5(8)9/h3,5H,1H2,(H,12,13). The second kappa shape index (κ2) is 3.71. The fourth-order valence-electron chi connectivity index (χ4n) is 0.451. The first kappa shape index (κ1) is 11.9. The average Bonchev–Trinajstić information content (AvgIpc) is 2.01. The number of halogens is 5. The normalized spacial score (nSPS) is 14.3. The summed E-state index contributed by atoms with van der Waals surface area (Å²) in [5.41, 5.74) is -1.59. The highest BCUT2D eigenvalue weighted by Gasteiger charge is 2.52. The van der Waals surface area contributed by atoms with Crippen LogP contribution in [0.3, 0.4) is 0 Å². The Morgan fingerprint density at radius 1 is 1.31 bits per heavy atom. The molecule has 0 aromatic heterocycles. The minimum absolute atomic E-state index is 1.59. The molecule has 13 heavy (non-hydrogen) atoms. The van der Waals surface area contributed by atoms with Gasteiger partial charge in [0, 0.05) is 0 Å². The number of rotatable bonds is 4. The molecule has 0 aliphatic heterocycles. The molecule has 0 aromatic rings. The molecule has 0 fully saturated rings. The second-order valence-corrected chi connectivity index (χ2v) is 2.17. The highest BCUT2D eigenvalue weighted by molar-refractivity contribution is 5.87.